The maximum absolute atomic E-state index is 6.90. The number of furan rings is 1. The smallest absolute Gasteiger partial charge is 0.238 e. The van der Waals surface area contributed by atoms with Crippen LogP contribution >= 0.6 is 0 Å². The molecule has 0 unspecified atom stereocenters. The van der Waals surface area contributed by atoms with Crippen molar-refractivity contribution in [3.8, 4) is 56.7 Å². The number of hydrogen-bond donors (Lipinski definition) is 0. The lowest BCUT2D eigenvalue weighted by molar-refractivity contribution is 0.670. The first-order chi connectivity index (χ1) is 31.2. The minimum absolute atomic E-state index is 0.518. The second kappa shape index (κ2) is 14.0. The minimum atomic E-state index is 0.518. The highest BCUT2D eigenvalue weighted by molar-refractivity contribution is 6.26. The maximum atomic E-state index is 6.90. The largest absolute Gasteiger partial charge is 0.454 e. The number of fused-ring (bicyclic) bond motifs is 10. The van der Waals surface area contributed by atoms with Gasteiger partial charge in [0.05, 0.1) is 16.6 Å². The minimum Gasteiger partial charge on any atom is -0.454 e. The van der Waals surface area contributed by atoms with E-state index in [2.05, 4.69) is 149 Å². The van der Waals surface area contributed by atoms with Crippen molar-refractivity contribution in [1.29, 1.82) is 0 Å². The van der Waals surface area contributed by atoms with Crippen molar-refractivity contribution in [3.05, 3.63) is 212 Å². The summed E-state index contributed by atoms with van der Waals surface area (Å²) < 4.78 is 11.5. The van der Waals surface area contributed by atoms with Crippen LogP contribution in [0.2, 0.25) is 0 Å². The van der Waals surface area contributed by atoms with Gasteiger partial charge in [0.1, 0.15) is 11.1 Å². The molecule has 0 amide bonds. The average molecular weight is 806 g/mol. The monoisotopic (exact) mass is 805 g/mol. The molecule has 63 heavy (non-hydrogen) atoms. The van der Waals surface area contributed by atoms with Crippen molar-refractivity contribution in [2.75, 3.05) is 0 Å². The first-order valence-corrected chi connectivity index (χ1v) is 21.2. The van der Waals surface area contributed by atoms with Gasteiger partial charge in [-0.3, -0.25) is 4.57 Å². The lowest BCUT2D eigenvalue weighted by Crippen LogP contribution is -2.06. The first kappa shape index (κ1) is 35.2. The molecule has 0 radical (unpaired) electrons. The van der Waals surface area contributed by atoms with Crippen molar-refractivity contribution in [1.82, 2.24) is 24.1 Å². The van der Waals surface area contributed by atoms with Crippen molar-refractivity contribution < 1.29 is 4.42 Å². The molecule has 0 aliphatic rings. The van der Waals surface area contributed by atoms with E-state index >= 15 is 0 Å². The van der Waals surface area contributed by atoms with E-state index in [1.54, 1.807) is 0 Å². The highest BCUT2D eigenvalue weighted by atomic mass is 16.3. The van der Waals surface area contributed by atoms with E-state index in [0.29, 0.717) is 17.6 Å². The molecule has 0 bridgehead atoms. The Morgan fingerprint density at radius 2 is 0.873 bits per heavy atom. The number of rotatable bonds is 6. The van der Waals surface area contributed by atoms with Gasteiger partial charge in [0.2, 0.25) is 5.95 Å². The Balaban J connectivity index is 1.09. The lowest BCUT2D eigenvalue weighted by Gasteiger charge is -2.12. The molecule has 0 saturated carbocycles. The number of para-hydroxylation sites is 3. The molecule has 4 aromatic heterocycles. The fourth-order valence-corrected chi connectivity index (χ4v) is 9.51. The van der Waals surface area contributed by atoms with Gasteiger partial charge in [-0.25, -0.2) is 4.98 Å². The van der Waals surface area contributed by atoms with Crippen molar-refractivity contribution >= 4 is 65.6 Å². The molecule has 0 fully saturated rings. The van der Waals surface area contributed by atoms with Gasteiger partial charge in [0.25, 0.3) is 0 Å². The van der Waals surface area contributed by atoms with Crippen LogP contribution in [0.1, 0.15) is 0 Å². The first-order valence-electron chi connectivity index (χ1n) is 21.2. The number of benzene rings is 9. The van der Waals surface area contributed by atoms with Gasteiger partial charge in [0.15, 0.2) is 17.2 Å². The summed E-state index contributed by atoms with van der Waals surface area (Å²) in [4.78, 5) is 15.6. The summed E-state index contributed by atoms with van der Waals surface area (Å²) in [7, 11) is 0. The fraction of sp³-hybridized carbons (Fsp3) is 0. The molecule has 0 spiro atoms. The molecular weight excluding hydrogens is 771 g/mol. The number of nitrogens with zero attached hydrogens (tertiary/aromatic N) is 5. The highest BCUT2D eigenvalue weighted by Gasteiger charge is 2.25. The zero-order valence-electron chi connectivity index (χ0n) is 33.9. The van der Waals surface area contributed by atoms with E-state index in [1.807, 2.05) is 72.8 Å². The van der Waals surface area contributed by atoms with E-state index in [-0.39, 0.29) is 0 Å². The molecule has 0 aliphatic carbocycles. The molecule has 9 aromatic carbocycles. The van der Waals surface area contributed by atoms with E-state index in [1.165, 1.54) is 21.9 Å². The molecule has 6 nitrogen and oxygen atoms in total. The SMILES string of the molecule is c1ccc(-c2ccc(-n3c4ccccc4c4cc(-c5cc6c7ccccc7oc6c6c5c5ccccc5n6-c5nc(-c6ccccc6)nc(-c6ccccc6)n5)ccc43)cc2)cc1. The Labute approximate surface area is 361 Å². The van der Waals surface area contributed by atoms with Crippen LogP contribution in [0, 0.1) is 0 Å². The van der Waals surface area contributed by atoms with Crippen molar-refractivity contribution in [3.63, 3.8) is 0 Å². The molecule has 6 heteroatoms. The average Bonchev–Trinajstić information content (AvgIpc) is 4.02. The molecule has 13 aromatic rings. The third-order valence-corrected chi connectivity index (χ3v) is 12.4. The Kier molecular flexibility index (Phi) is 7.80. The molecule has 4 heterocycles. The summed E-state index contributed by atoms with van der Waals surface area (Å²) in [6, 6.07) is 74.5. The van der Waals surface area contributed by atoms with Crippen molar-refractivity contribution in [2.45, 2.75) is 0 Å². The van der Waals surface area contributed by atoms with Gasteiger partial charge >= 0.3 is 0 Å². The van der Waals surface area contributed by atoms with Crippen LogP contribution in [0.15, 0.2) is 217 Å². The summed E-state index contributed by atoms with van der Waals surface area (Å²) in [6.45, 7) is 0. The van der Waals surface area contributed by atoms with Crippen LogP contribution in [0.4, 0.5) is 0 Å². The summed E-state index contributed by atoms with van der Waals surface area (Å²) in [5, 5.41) is 6.60. The second-order valence-corrected chi connectivity index (χ2v) is 16.0. The Morgan fingerprint density at radius 1 is 0.349 bits per heavy atom. The molecule has 0 saturated heterocycles. The summed E-state index contributed by atoms with van der Waals surface area (Å²) in [5.41, 5.74) is 13.3. The fourth-order valence-electron chi connectivity index (χ4n) is 9.51. The van der Waals surface area contributed by atoms with E-state index in [9.17, 15) is 0 Å². The highest BCUT2D eigenvalue weighted by Crippen LogP contribution is 2.46. The Bertz CT molecular complexity index is 3830. The third kappa shape index (κ3) is 5.55. The predicted molar refractivity (Wildman–Crippen MR) is 258 cm³/mol. The summed E-state index contributed by atoms with van der Waals surface area (Å²) in [5.74, 6) is 1.71. The Morgan fingerprint density at radius 3 is 1.56 bits per heavy atom. The lowest BCUT2D eigenvalue weighted by atomic mass is 9.95. The van der Waals surface area contributed by atoms with Crippen LogP contribution in [0.5, 0.6) is 0 Å². The van der Waals surface area contributed by atoms with E-state index < -0.39 is 0 Å². The standard InChI is InChI=1S/C57H35N5O/c1-4-16-36(17-5-1)37-28-31-41(32-29-37)61-48-25-13-10-22-42(48)46-34-40(30-33-50(46)61)45-35-47-43-23-12-15-27-51(43)63-54(47)53-52(45)44-24-11-14-26-49(44)62(53)57-59-55(38-18-6-2-7-19-38)58-56(60-57)39-20-8-3-9-21-39/h1-35H. The van der Waals surface area contributed by atoms with Gasteiger partial charge < -0.3 is 8.98 Å². The molecule has 0 atom stereocenters. The van der Waals surface area contributed by atoms with Crippen LogP contribution in [0.3, 0.4) is 0 Å². The molecule has 0 aliphatic heterocycles. The van der Waals surface area contributed by atoms with Gasteiger partial charge in [-0.2, -0.15) is 9.97 Å². The zero-order chi connectivity index (χ0) is 41.4. The van der Waals surface area contributed by atoms with Gasteiger partial charge in [-0.15, -0.1) is 0 Å². The number of hydrogen-bond acceptors (Lipinski definition) is 4. The molecule has 0 N–H and O–H groups in total. The van der Waals surface area contributed by atoms with Crippen LogP contribution in [-0.4, -0.2) is 24.1 Å². The number of aromatic nitrogens is 5. The van der Waals surface area contributed by atoms with E-state index in [4.69, 9.17) is 19.4 Å². The van der Waals surface area contributed by atoms with E-state index in [0.717, 1.165) is 82.7 Å². The van der Waals surface area contributed by atoms with Gasteiger partial charge in [-0.1, -0.05) is 164 Å². The van der Waals surface area contributed by atoms with Crippen LogP contribution in [0.25, 0.3) is 122 Å². The van der Waals surface area contributed by atoms with Crippen LogP contribution in [-0.2, 0) is 0 Å². The van der Waals surface area contributed by atoms with Crippen molar-refractivity contribution in [2.24, 2.45) is 0 Å². The molecule has 13 rings (SSSR count). The second-order valence-electron chi connectivity index (χ2n) is 16.0. The zero-order valence-corrected chi connectivity index (χ0v) is 33.9. The Hall–Kier alpha value is -8.61. The third-order valence-electron chi connectivity index (χ3n) is 12.4. The summed E-state index contributed by atoms with van der Waals surface area (Å²) in [6.07, 6.45) is 0. The molecular formula is C57H35N5O. The predicted octanol–water partition coefficient (Wildman–Crippen LogP) is 14.6. The quantitative estimate of drug-likeness (QED) is 0.168. The topological polar surface area (TPSA) is 61.7 Å². The molecule has 294 valence electrons. The summed E-state index contributed by atoms with van der Waals surface area (Å²) >= 11 is 0. The van der Waals surface area contributed by atoms with Gasteiger partial charge in [-0.05, 0) is 70.8 Å². The normalized spacial score (nSPS) is 11.8. The maximum Gasteiger partial charge on any atom is 0.238 e. The van der Waals surface area contributed by atoms with Crippen LogP contribution < -0.4 is 0 Å². The van der Waals surface area contributed by atoms with Gasteiger partial charge in [0, 0.05) is 49.1 Å².